The van der Waals surface area contributed by atoms with Crippen LogP contribution in [0.2, 0.25) is 0 Å². The summed E-state index contributed by atoms with van der Waals surface area (Å²) in [5, 5.41) is 23.4. The molecule has 0 aliphatic carbocycles. The lowest BCUT2D eigenvalue weighted by molar-refractivity contribution is -0.123. The molecule has 0 aliphatic heterocycles. The van der Waals surface area contributed by atoms with Crippen LogP contribution in [0.15, 0.2) is 24.3 Å². The van der Waals surface area contributed by atoms with Crippen LogP contribution < -0.4 is 5.32 Å². The molecular weight excluding hydrogens is 771 g/mol. The third kappa shape index (κ3) is 51.7. The van der Waals surface area contributed by atoms with Crippen LogP contribution in [-0.4, -0.2) is 34.9 Å². The first-order valence-corrected chi connectivity index (χ1v) is 29.0. The summed E-state index contributed by atoms with van der Waals surface area (Å²) >= 11 is 0. The number of carbonyl (C=O) groups excluding carboxylic acids is 1. The Kier molecular flexibility index (Phi) is 54.2. The third-order valence-corrected chi connectivity index (χ3v) is 13.7. The van der Waals surface area contributed by atoms with Gasteiger partial charge in [0.1, 0.15) is 0 Å². The van der Waals surface area contributed by atoms with Gasteiger partial charge < -0.3 is 15.5 Å². The smallest absolute Gasteiger partial charge is 0.220 e. The normalized spacial score (nSPS) is 12.9. The van der Waals surface area contributed by atoms with E-state index in [1.165, 1.54) is 270 Å². The number of unbranched alkanes of at least 4 members (excludes halogenated alkanes) is 43. The monoisotopic (exact) mass is 886 g/mol. The molecule has 0 aromatic carbocycles. The molecule has 0 saturated heterocycles. The summed E-state index contributed by atoms with van der Waals surface area (Å²) in [6, 6.07) is -0.537. The van der Waals surface area contributed by atoms with Crippen LogP contribution in [0.5, 0.6) is 0 Å². The Morgan fingerprint density at radius 2 is 0.651 bits per heavy atom. The number of amides is 1. The molecule has 4 heteroatoms. The summed E-state index contributed by atoms with van der Waals surface area (Å²) in [5.74, 6) is -0.0284. The number of rotatable bonds is 54. The molecule has 374 valence electrons. The Balaban J connectivity index is 3.43. The lowest BCUT2D eigenvalue weighted by atomic mass is 10.0. The molecule has 0 fully saturated rings. The minimum atomic E-state index is -0.660. The number of aliphatic hydroxyl groups is 2. The first kappa shape index (κ1) is 61.9. The fraction of sp³-hybridized carbons (Fsp3) is 0.915. The Hall–Kier alpha value is -1.13. The van der Waals surface area contributed by atoms with Gasteiger partial charge in [0, 0.05) is 6.42 Å². The highest BCUT2D eigenvalue weighted by atomic mass is 16.3. The van der Waals surface area contributed by atoms with Gasteiger partial charge in [0.25, 0.3) is 0 Å². The Bertz CT molecular complexity index is 916. The maximum Gasteiger partial charge on any atom is 0.220 e. The van der Waals surface area contributed by atoms with E-state index >= 15 is 0 Å². The summed E-state index contributed by atoms with van der Waals surface area (Å²) in [5.41, 5.74) is 0. The van der Waals surface area contributed by atoms with Crippen LogP contribution in [0.4, 0.5) is 0 Å². The summed E-state index contributed by atoms with van der Waals surface area (Å²) in [7, 11) is 0. The quantitative estimate of drug-likeness (QED) is 0.0421. The topological polar surface area (TPSA) is 69.6 Å². The molecule has 1 amide bonds. The number of nitrogens with one attached hydrogen (secondary N) is 1. The molecule has 0 saturated carbocycles. The van der Waals surface area contributed by atoms with E-state index in [0.29, 0.717) is 12.8 Å². The van der Waals surface area contributed by atoms with Crippen molar-refractivity contribution in [2.24, 2.45) is 0 Å². The van der Waals surface area contributed by atoms with Gasteiger partial charge >= 0.3 is 0 Å². The number of hydrogen-bond donors (Lipinski definition) is 3. The highest BCUT2D eigenvalue weighted by molar-refractivity contribution is 5.76. The molecule has 2 unspecified atom stereocenters. The molecule has 0 radical (unpaired) electrons. The lowest BCUT2D eigenvalue weighted by Crippen LogP contribution is -2.45. The van der Waals surface area contributed by atoms with E-state index in [0.717, 1.165) is 32.1 Å². The third-order valence-electron chi connectivity index (χ3n) is 13.7. The number of aliphatic hydroxyl groups excluding tert-OH is 2. The largest absolute Gasteiger partial charge is 0.394 e. The Morgan fingerprint density at radius 3 is 0.952 bits per heavy atom. The van der Waals surface area contributed by atoms with Crippen molar-refractivity contribution < 1.29 is 15.0 Å². The van der Waals surface area contributed by atoms with Gasteiger partial charge in [-0.25, -0.2) is 0 Å². The molecule has 63 heavy (non-hydrogen) atoms. The first-order valence-electron chi connectivity index (χ1n) is 29.0. The van der Waals surface area contributed by atoms with E-state index in [-0.39, 0.29) is 12.5 Å². The predicted octanol–water partition coefficient (Wildman–Crippen LogP) is 19.1. The molecule has 0 bridgehead atoms. The van der Waals surface area contributed by atoms with Crippen LogP contribution in [0.1, 0.15) is 328 Å². The van der Waals surface area contributed by atoms with E-state index in [1.54, 1.807) is 0 Å². The zero-order valence-electron chi connectivity index (χ0n) is 43.1. The molecule has 0 rings (SSSR count). The van der Waals surface area contributed by atoms with Crippen molar-refractivity contribution >= 4 is 5.91 Å². The van der Waals surface area contributed by atoms with Crippen molar-refractivity contribution in [3.63, 3.8) is 0 Å². The predicted molar refractivity (Wildman–Crippen MR) is 281 cm³/mol. The van der Waals surface area contributed by atoms with Crippen LogP contribution in [0, 0.1) is 0 Å². The summed E-state index contributed by atoms with van der Waals surface area (Å²) in [6.07, 6.45) is 73.2. The van der Waals surface area contributed by atoms with Gasteiger partial charge in [-0.15, -0.1) is 0 Å². The molecule has 4 nitrogen and oxygen atoms in total. The summed E-state index contributed by atoms with van der Waals surface area (Å²) in [4.78, 5) is 12.5. The van der Waals surface area contributed by atoms with Gasteiger partial charge in [-0.3, -0.25) is 4.79 Å². The zero-order chi connectivity index (χ0) is 45.6. The molecule has 2 atom stereocenters. The highest BCUT2D eigenvalue weighted by Gasteiger charge is 2.20. The van der Waals surface area contributed by atoms with E-state index < -0.39 is 12.1 Å². The van der Waals surface area contributed by atoms with Gasteiger partial charge in [-0.05, 0) is 44.9 Å². The summed E-state index contributed by atoms with van der Waals surface area (Å²) < 4.78 is 0. The van der Waals surface area contributed by atoms with Crippen LogP contribution in [-0.2, 0) is 4.79 Å². The second-order valence-corrected chi connectivity index (χ2v) is 20.1. The van der Waals surface area contributed by atoms with E-state index in [1.807, 2.05) is 0 Å². The average Bonchev–Trinajstić information content (AvgIpc) is 3.29. The Morgan fingerprint density at radius 1 is 0.381 bits per heavy atom. The zero-order valence-corrected chi connectivity index (χ0v) is 43.1. The standard InChI is InChI=1S/C59H115NO3/c1-3-5-7-9-11-13-15-17-19-21-23-25-27-28-29-30-31-33-34-36-38-40-42-44-46-48-50-52-54-58(62)57(56-61)60-59(63)55-53-51-49-47-45-43-41-39-37-35-32-26-24-22-20-18-16-14-12-10-8-6-4-2/h16,18,22,24,57-58,61-62H,3-15,17,19-21,23,25-56H2,1-2H3,(H,60,63)/b18-16-,24-22-. The molecule has 0 spiro atoms. The number of carbonyl (C=O) groups is 1. The second kappa shape index (κ2) is 55.2. The van der Waals surface area contributed by atoms with Crippen molar-refractivity contribution in [2.75, 3.05) is 6.61 Å². The highest BCUT2D eigenvalue weighted by Crippen LogP contribution is 2.18. The fourth-order valence-electron chi connectivity index (χ4n) is 9.28. The Labute approximate surface area is 396 Å². The molecule has 0 aromatic heterocycles. The van der Waals surface area contributed by atoms with Crippen LogP contribution in [0.3, 0.4) is 0 Å². The maximum absolute atomic E-state index is 12.5. The molecule has 0 aliphatic rings. The second-order valence-electron chi connectivity index (χ2n) is 20.1. The number of allylic oxidation sites excluding steroid dienone is 4. The van der Waals surface area contributed by atoms with E-state index in [2.05, 4.69) is 43.5 Å². The van der Waals surface area contributed by atoms with Crippen LogP contribution >= 0.6 is 0 Å². The van der Waals surface area contributed by atoms with Crippen molar-refractivity contribution in [1.29, 1.82) is 0 Å². The van der Waals surface area contributed by atoms with Crippen molar-refractivity contribution in [3.8, 4) is 0 Å². The van der Waals surface area contributed by atoms with Gasteiger partial charge in [-0.2, -0.15) is 0 Å². The summed E-state index contributed by atoms with van der Waals surface area (Å²) in [6.45, 7) is 4.38. The van der Waals surface area contributed by atoms with Gasteiger partial charge in [0.05, 0.1) is 18.8 Å². The first-order chi connectivity index (χ1) is 31.2. The number of hydrogen-bond acceptors (Lipinski definition) is 3. The molecular formula is C59H115NO3. The van der Waals surface area contributed by atoms with Crippen molar-refractivity contribution in [2.45, 2.75) is 341 Å². The van der Waals surface area contributed by atoms with Crippen LogP contribution in [0.25, 0.3) is 0 Å². The molecule has 0 heterocycles. The molecule has 0 aromatic rings. The van der Waals surface area contributed by atoms with Gasteiger partial charge in [-0.1, -0.05) is 301 Å². The SMILES string of the molecule is CCCCCCC/C=C\C/C=C\CCCCCCCCCCCCCC(=O)NC(CO)C(O)CCCCCCCCCCCCCCCCCCCCCCCCCCCCCC. The maximum atomic E-state index is 12.5. The molecule has 3 N–H and O–H groups in total. The van der Waals surface area contributed by atoms with Gasteiger partial charge in [0.2, 0.25) is 5.91 Å². The fourth-order valence-corrected chi connectivity index (χ4v) is 9.28. The minimum absolute atomic E-state index is 0.0284. The van der Waals surface area contributed by atoms with Crippen molar-refractivity contribution in [3.05, 3.63) is 24.3 Å². The lowest BCUT2D eigenvalue weighted by Gasteiger charge is -2.22. The van der Waals surface area contributed by atoms with Crippen molar-refractivity contribution in [1.82, 2.24) is 5.32 Å². The van der Waals surface area contributed by atoms with E-state index in [4.69, 9.17) is 0 Å². The van der Waals surface area contributed by atoms with Gasteiger partial charge in [0.15, 0.2) is 0 Å². The minimum Gasteiger partial charge on any atom is -0.394 e. The van der Waals surface area contributed by atoms with E-state index in [9.17, 15) is 15.0 Å². The average molecular weight is 887 g/mol.